The average Bonchev–Trinajstić information content (AvgIpc) is 3.55. The number of nitrogens with zero attached hydrogens (tertiary/aromatic N) is 5. The number of hydrogen-bond donors (Lipinski definition) is 2. The summed E-state index contributed by atoms with van der Waals surface area (Å²) in [5.74, 6) is -0.287. The van der Waals surface area contributed by atoms with Gasteiger partial charge in [0.1, 0.15) is 23.8 Å². The molecule has 0 saturated carbocycles. The van der Waals surface area contributed by atoms with Crippen LogP contribution in [-0.4, -0.2) is 86.0 Å². The molecule has 1 amide bonds. The van der Waals surface area contributed by atoms with Crippen molar-refractivity contribution in [2.75, 3.05) is 17.0 Å². The summed E-state index contributed by atoms with van der Waals surface area (Å²) in [6.45, 7) is 39.1. The van der Waals surface area contributed by atoms with E-state index in [0.717, 1.165) is 5.06 Å². The molecule has 2 aromatic heterocycles. The van der Waals surface area contributed by atoms with Gasteiger partial charge in [-0.2, -0.15) is 9.97 Å². The zero-order valence-corrected chi connectivity index (χ0v) is 40.3. The van der Waals surface area contributed by atoms with Crippen LogP contribution in [0.15, 0.2) is 30.3 Å². The monoisotopic (exact) mass is 834 g/mol. The Kier molecular flexibility index (Phi) is 12.8. The highest BCUT2D eigenvalue weighted by molar-refractivity contribution is 6.75. The maximum atomic E-state index is 13.3. The largest absolute Gasteiger partial charge is 0.414 e. The molecule has 4 rings (SSSR count). The maximum absolute atomic E-state index is 13.3. The zero-order chi connectivity index (χ0) is 41.9. The molecule has 2 N–H and O–H groups in total. The highest BCUT2D eigenvalue weighted by Gasteiger charge is 2.56. The molecule has 1 aromatic carbocycles. The van der Waals surface area contributed by atoms with E-state index in [1.54, 1.807) is 28.8 Å². The number of aromatic nitrogens is 4. The third-order valence-electron chi connectivity index (χ3n) is 12.0. The van der Waals surface area contributed by atoms with Crippen molar-refractivity contribution in [3.63, 3.8) is 0 Å². The molecule has 0 radical (unpaired) electrons. The van der Waals surface area contributed by atoms with Gasteiger partial charge in [0.15, 0.2) is 42.0 Å². The molecule has 0 spiro atoms. The van der Waals surface area contributed by atoms with Crippen LogP contribution in [-0.2, 0) is 18.0 Å². The number of fused-ring (bicyclic) bond motifs is 1. The maximum Gasteiger partial charge on any atom is 0.258 e. The molecule has 3 aromatic rings. The summed E-state index contributed by atoms with van der Waals surface area (Å²) in [5.41, 5.74) is 0.116. The lowest BCUT2D eigenvalue weighted by atomic mass is 10.1. The lowest BCUT2D eigenvalue weighted by Gasteiger charge is -2.44. The number of hydroxylamine groups is 1. The van der Waals surface area contributed by atoms with Crippen LogP contribution in [0.2, 0.25) is 59.5 Å². The molecule has 1 aliphatic rings. The molecule has 0 aliphatic carbocycles. The van der Waals surface area contributed by atoms with Crippen LogP contribution in [0.1, 0.15) is 99.7 Å². The van der Waals surface area contributed by atoms with Crippen molar-refractivity contribution in [2.45, 2.75) is 168 Å². The third-order valence-corrected chi connectivity index (χ3v) is 25.7. The standard InChI is InChI=1S/C39H67ClN6O6Si3/c1-36(2,3)46(48)35-41-27-30(40)42-34(44-32(47)25-22-20-19-21-23-25)43-31(27)45(35)33-29(52-55(17,18)39(10,11)12)28(51-54(15,16)38(7,8)9)26(50-33)24-49-53(13,14)37(4,5)6/h19-23,26,28-29,33,48H,24H2,1-18H3,(H,42,43,44,47)/t26-,28-,29-,33-/m1/s1. The van der Waals surface area contributed by atoms with Gasteiger partial charge in [-0.25, -0.2) is 10.0 Å². The second-order valence-electron chi connectivity index (χ2n) is 20.4. The van der Waals surface area contributed by atoms with Gasteiger partial charge in [0, 0.05) is 5.56 Å². The van der Waals surface area contributed by atoms with Crippen molar-refractivity contribution in [1.29, 1.82) is 0 Å². The van der Waals surface area contributed by atoms with E-state index in [1.807, 2.05) is 26.8 Å². The molecule has 16 heteroatoms. The fraction of sp³-hybridized carbons (Fsp3) is 0.692. The summed E-state index contributed by atoms with van der Waals surface area (Å²) in [5, 5.41) is 15.5. The van der Waals surface area contributed by atoms with Crippen LogP contribution < -0.4 is 10.4 Å². The Morgan fingerprint density at radius 3 is 1.82 bits per heavy atom. The first-order valence-electron chi connectivity index (χ1n) is 19.3. The van der Waals surface area contributed by atoms with Crippen molar-refractivity contribution in [3.8, 4) is 0 Å². The molecule has 1 fully saturated rings. The molecule has 12 nitrogen and oxygen atoms in total. The highest BCUT2D eigenvalue weighted by atomic mass is 35.5. The highest BCUT2D eigenvalue weighted by Crippen LogP contribution is 2.48. The molecular formula is C39H67ClN6O6Si3. The van der Waals surface area contributed by atoms with Crippen LogP contribution >= 0.6 is 11.6 Å². The molecule has 1 saturated heterocycles. The molecular weight excluding hydrogens is 768 g/mol. The summed E-state index contributed by atoms with van der Waals surface area (Å²) < 4.78 is 30.6. The van der Waals surface area contributed by atoms with Crippen LogP contribution in [0.4, 0.5) is 11.9 Å². The smallest absolute Gasteiger partial charge is 0.258 e. The quantitative estimate of drug-likeness (QED) is 0.109. The van der Waals surface area contributed by atoms with Crippen molar-refractivity contribution >= 4 is 65.5 Å². The van der Waals surface area contributed by atoms with Crippen molar-refractivity contribution in [3.05, 3.63) is 41.0 Å². The number of benzene rings is 1. The third kappa shape index (κ3) is 9.74. The first-order chi connectivity index (χ1) is 24.8. The van der Waals surface area contributed by atoms with Gasteiger partial charge in [0.2, 0.25) is 11.9 Å². The number of ether oxygens (including phenoxy) is 1. The number of nitrogens with one attached hydrogen (secondary N) is 1. The van der Waals surface area contributed by atoms with Crippen LogP contribution in [0, 0.1) is 0 Å². The predicted molar refractivity (Wildman–Crippen MR) is 230 cm³/mol. The van der Waals surface area contributed by atoms with E-state index in [2.05, 4.69) is 112 Å². The number of carbonyl (C=O) groups is 1. The van der Waals surface area contributed by atoms with E-state index >= 15 is 0 Å². The number of imidazole rings is 1. The Morgan fingerprint density at radius 1 is 0.818 bits per heavy atom. The number of halogens is 1. The summed E-state index contributed by atoms with van der Waals surface area (Å²) in [6.07, 6.45) is -2.68. The van der Waals surface area contributed by atoms with Crippen LogP contribution in [0.25, 0.3) is 11.2 Å². The summed E-state index contributed by atoms with van der Waals surface area (Å²) in [4.78, 5) is 27.4. The lowest BCUT2D eigenvalue weighted by Crippen LogP contribution is -2.54. The van der Waals surface area contributed by atoms with Gasteiger partial charge in [-0.15, -0.1) is 0 Å². The minimum absolute atomic E-state index is 0.00224. The Hall–Kier alpha value is -2.22. The molecule has 0 bridgehead atoms. The van der Waals surface area contributed by atoms with Gasteiger partial charge in [0.25, 0.3) is 5.91 Å². The number of rotatable bonds is 11. The second kappa shape index (κ2) is 15.5. The van der Waals surface area contributed by atoms with E-state index in [0.29, 0.717) is 5.56 Å². The van der Waals surface area contributed by atoms with Gasteiger partial charge in [-0.3, -0.25) is 19.9 Å². The van der Waals surface area contributed by atoms with Gasteiger partial charge in [0.05, 0.1) is 12.1 Å². The molecule has 1 aliphatic heterocycles. The topological polar surface area (TPSA) is 133 Å². The number of carbonyl (C=O) groups excluding carboxylic acids is 1. The summed E-state index contributed by atoms with van der Waals surface area (Å²) >= 11 is 6.86. The van der Waals surface area contributed by atoms with Gasteiger partial charge >= 0.3 is 0 Å². The summed E-state index contributed by atoms with van der Waals surface area (Å²) in [7, 11) is -7.24. The first-order valence-corrected chi connectivity index (χ1v) is 28.4. The minimum Gasteiger partial charge on any atom is -0.414 e. The van der Waals surface area contributed by atoms with E-state index < -0.39 is 60.9 Å². The minimum atomic E-state index is -2.54. The van der Waals surface area contributed by atoms with E-state index in [1.165, 1.54) is 0 Å². The number of hydrogen-bond acceptors (Lipinski definition) is 10. The SMILES string of the molecule is CC(C)(C)N(O)c1nc2c(Cl)nc(NC(=O)c3ccccc3)nc2n1[C@@H]1O[C@H](CO[Si](C)(C)C(C)(C)C)[C@@H](O[Si](C)(C)C(C)(C)C)[C@H]1O[Si](C)(C)C(C)(C)C. The Morgan fingerprint density at radius 2 is 1.33 bits per heavy atom. The van der Waals surface area contributed by atoms with Crippen molar-refractivity contribution in [2.24, 2.45) is 0 Å². The van der Waals surface area contributed by atoms with E-state index in [-0.39, 0.29) is 49.9 Å². The van der Waals surface area contributed by atoms with Crippen molar-refractivity contribution in [1.82, 2.24) is 19.5 Å². The normalized spacial score (nSPS) is 20.7. The fourth-order valence-electron chi connectivity index (χ4n) is 5.29. The fourth-order valence-corrected chi connectivity index (χ4v) is 9.12. The van der Waals surface area contributed by atoms with Gasteiger partial charge < -0.3 is 18.0 Å². The number of anilines is 2. The predicted octanol–water partition coefficient (Wildman–Crippen LogP) is 10.4. The number of amides is 1. The Labute approximate surface area is 337 Å². The van der Waals surface area contributed by atoms with E-state index in [4.69, 9.17) is 39.6 Å². The Balaban J connectivity index is 2.02. The van der Waals surface area contributed by atoms with Crippen LogP contribution in [0.5, 0.6) is 0 Å². The van der Waals surface area contributed by atoms with Gasteiger partial charge in [-0.1, -0.05) is 92.1 Å². The summed E-state index contributed by atoms with van der Waals surface area (Å²) in [6, 6.07) is 8.80. The van der Waals surface area contributed by atoms with Gasteiger partial charge in [-0.05, 0) is 87.3 Å². The molecule has 3 heterocycles. The van der Waals surface area contributed by atoms with Crippen molar-refractivity contribution < 1.29 is 28.0 Å². The first kappa shape index (κ1) is 45.5. The molecule has 0 unspecified atom stereocenters. The molecule has 308 valence electrons. The van der Waals surface area contributed by atoms with Crippen LogP contribution in [0.3, 0.4) is 0 Å². The lowest BCUT2D eigenvalue weighted by molar-refractivity contribution is -0.0477. The van der Waals surface area contributed by atoms with E-state index in [9.17, 15) is 10.0 Å². The molecule has 55 heavy (non-hydrogen) atoms. The zero-order valence-electron chi connectivity index (χ0n) is 36.5. The second-order valence-corrected chi connectivity index (χ2v) is 35.1. The average molecular weight is 836 g/mol. The molecule has 4 atom stereocenters. The Bertz CT molecular complexity index is 1830.